The zero-order valence-electron chi connectivity index (χ0n) is 10.2. The average Bonchev–Trinajstić information content (AvgIpc) is 3.07. The van der Waals surface area contributed by atoms with E-state index in [1.54, 1.807) is 17.3 Å². The highest BCUT2D eigenvalue weighted by atomic mass is 16.6. The van der Waals surface area contributed by atoms with Crippen molar-refractivity contribution in [1.82, 2.24) is 20.2 Å². The van der Waals surface area contributed by atoms with Crippen molar-refractivity contribution in [1.29, 1.82) is 0 Å². The largest absolute Gasteiger partial charge is 0.379 e. The summed E-state index contributed by atoms with van der Waals surface area (Å²) in [7, 11) is 0. The lowest BCUT2D eigenvalue weighted by molar-refractivity contribution is 0.0725. The van der Waals surface area contributed by atoms with Crippen molar-refractivity contribution in [2.45, 2.75) is 18.9 Å². The molecule has 19 heavy (non-hydrogen) atoms. The molecule has 1 atom stereocenters. The number of nitrogens with two attached hydrogens (primary N) is 1. The molecule has 0 radical (unpaired) electrons. The van der Waals surface area contributed by atoms with E-state index in [-0.39, 0.29) is 23.5 Å². The summed E-state index contributed by atoms with van der Waals surface area (Å²) in [6.45, 7) is 0.671. The molecule has 2 N–H and O–H groups in total. The van der Waals surface area contributed by atoms with Gasteiger partial charge >= 0.3 is 0 Å². The second-order valence-electron chi connectivity index (χ2n) is 4.44. The van der Waals surface area contributed by atoms with E-state index in [9.17, 15) is 4.79 Å². The Kier molecular flexibility index (Phi) is 2.86. The molecule has 3 heterocycles. The van der Waals surface area contributed by atoms with Gasteiger partial charge in [-0.1, -0.05) is 6.07 Å². The molecule has 0 saturated carbocycles. The summed E-state index contributed by atoms with van der Waals surface area (Å²) < 4.78 is 4.48. The fourth-order valence-electron chi connectivity index (χ4n) is 2.41. The number of likely N-dealkylation sites (tertiary alicyclic amines) is 1. The average molecular weight is 259 g/mol. The topological polar surface area (TPSA) is 98.1 Å². The van der Waals surface area contributed by atoms with E-state index in [0.29, 0.717) is 6.54 Å². The van der Waals surface area contributed by atoms with Crippen LogP contribution in [0.2, 0.25) is 0 Å². The summed E-state index contributed by atoms with van der Waals surface area (Å²) in [5.41, 5.74) is 6.66. The summed E-state index contributed by atoms with van der Waals surface area (Å²) in [5.74, 6) is -0.216. The predicted molar refractivity (Wildman–Crippen MR) is 66.0 cm³/mol. The van der Waals surface area contributed by atoms with Crippen LogP contribution in [0.4, 0.5) is 5.82 Å². The third-order valence-electron chi connectivity index (χ3n) is 3.30. The third kappa shape index (κ3) is 2.03. The number of carbonyl (C=O) groups is 1. The second kappa shape index (κ2) is 4.68. The molecule has 0 bridgehead atoms. The molecule has 1 amide bonds. The van der Waals surface area contributed by atoms with Crippen LogP contribution in [0.1, 0.15) is 34.9 Å². The van der Waals surface area contributed by atoms with Gasteiger partial charge in [-0.05, 0) is 34.8 Å². The zero-order valence-corrected chi connectivity index (χ0v) is 10.2. The van der Waals surface area contributed by atoms with E-state index in [4.69, 9.17) is 5.73 Å². The Bertz CT molecular complexity index is 583. The first-order chi connectivity index (χ1) is 9.27. The van der Waals surface area contributed by atoms with Crippen LogP contribution in [0.25, 0.3) is 0 Å². The van der Waals surface area contributed by atoms with E-state index in [2.05, 4.69) is 19.9 Å². The van der Waals surface area contributed by atoms with Gasteiger partial charge in [0.15, 0.2) is 0 Å². The summed E-state index contributed by atoms with van der Waals surface area (Å²) >= 11 is 0. The standard InChI is InChI=1S/C12H13N5O2/c13-11-10(15-19-16-11)12(18)17-6-2-4-9(17)8-3-1-5-14-7-8/h1,3,5,7,9H,2,4,6H2,(H2,13,16). The molecule has 7 heteroatoms. The van der Waals surface area contributed by atoms with Gasteiger partial charge in [-0.25, -0.2) is 4.63 Å². The number of hydrogen-bond donors (Lipinski definition) is 1. The Hall–Kier alpha value is -2.44. The van der Waals surface area contributed by atoms with Gasteiger partial charge in [0.05, 0.1) is 6.04 Å². The van der Waals surface area contributed by atoms with E-state index in [1.807, 2.05) is 12.1 Å². The van der Waals surface area contributed by atoms with Crippen molar-refractivity contribution < 1.29 is 9.42 Å². The van der Waals surface area contributed by atoms with Crippen molar-refractivity contribution in [3.63, 3.8) is 0 Å². The van der Waals surface area contributed by atoms with Gasteiger partial charge in [0, 0.05) is 18.9 Å². The third-order valence-corrected chi connectivity index (χ3v) is 3.30. The smallest absolute Gasteiger partial charge is 0.280 e. The Labute approximate surface area is 109 Å². The van der Waals surface area contributed by atoms with Gasteiger partial charge in [0.1, 0.15) is 0 Å². The highest BCUT2D eigenvalue weighted by Crippen LogP contribution is 2.32. The fraction of sp³-hybridized carbons (Fsp3) is 0.333. The zero-order chi connectivity index (χ0) is 13.2. The molecule has 98 valence electrons. The molecule has 2 aromatic heterocycles. The van der Waals surface area contributed by atoms with Crippen LogP contribution in [0, 0.1) is 0 Å². The molecule has 1 aliphatic heterocycles. The number of carbonyl (C=O) groups excluding carboxylic acids is 1. The highest BCUT2D eigenvalue weighted by Gasteiger charge is 2.33. The first-order valence-corrected chi connectivity index (χ1v) is 6.06. The molecular formula is C12H13N5O2. The van der Waals surface area contributed by atoms with Gasteiger partial charge in [0.2, 0.25) is 11.5 Å². The Morgan fingerprint density at radius 1 is 1.47 bits per heavy atom. The normalized spacial score (nSPS) is 18.7. The minimum Gasteiger partial charge on any atom is -0.379 e. The summed E-state index contributed by atoms with van der Waals surface area (Å²) in [6.07, 6.45) is 5.34. The van der Waals surface area contributed by atoms with Gasteiger partial charge in [0.25, 0.3) is 5.91 Å². The van der Waals surface area contributed by atoms with Gasteiger partial charge in [-0.2, -0.15) is 0 Å². The van der Waals surface area contributed by atoms with Crippen LogP contribution in [0.3, 0.4) is 0 Å². The molecule has 1 fully saturated rings. The lowest BCUT2D eigenvalue weighted by atomic mass is 10.1. The van der Waals surface area contributed by atoms with Gasteiger partial charge < -0.3 is 10.6 Å². The quantitative estimate of drug-likeness (QED) is 0.864. The maximum atomic E-state index is 12.4. The molecule has 7 nitrogen and oxygen atoms in total. The monoisotopic (exact) mass is 259 g/mol. The van der Waals surface area contributed by atoms with Crippen molar-refractivity contribution in [3.05, 3.63) is 35.8 Å². The Morgan fingerprint density at radius 3 is 3.05 bits per heavy atom. The number of rotatable bonds is 2. The molecule has 1 aliphatic rings. The predicted octanol–water partition coefficient (Wildman–Crippen LogP) is 1.02. The van der Waals surface area contributed by atoms with Crippen LogP contribution in [0.15, 0.2) is 29.2 Å². The molecule has 0 spiro atoms. The maximum absolute atomic E-state index is 12.4. The molecule has 1 unspecified atom stereocenters. The minimum atomic E-state index is -0.245. The van der Waals surface area contributed by atoms with Crippen LogP contribution in [-0.4, -0.2) is 32.6 Å². The summed E-state index contributed by atoms with van der Waals surface area (Å²) in [6, 6.07) is 3.84. The van der Waals surface area contributed by atoms with Crippen LogP contribution >= 0.6 is 0 Å². The Balaban J connectivity index is 1.88. The number of pyridine rings is 1. The van der Waals surface area contributed by atoms with Crippen molar-refractivity contribution in [3.8, 4) is 0 Å². The lowest BCUT2D eigenvalue weighted by Gasteiger charge is -2.23. The highest BCUT2D eigenvalue weighted by molar-refractivity contribution is 5.96. The molecule has 2 aromatic rings. The van der Waals surface area contributed by atoms with Crippen molar-refractivity contribution in [2.75, 3.05) is 12.3 Å². The lowest BCUT2D eigenvalue weighted by Crippen LogP contribution is -2.31. The van der Waals surface area contributed by atoms with Gasteiger partial charge in [-0.15, -0.1) is 0 Å². The number of nitrogen functional groups attached to an aromatic ring is 1. The van der Waals surface area contributed by atoms with E-state index >= 15 is 0 Å². The van der Waals surface area contributed by atoms with E-state index < -0.39 is 0 Å². The molecule has 3 rings (SSSR count). The summed E-state index contributed by atoms with van der Waals surface area (Å²) in [4.78, 5) is 18.2. The number of aromatic nitrogens is 3. The fourth-order valence-corrected chi connectivity index (χ4v) is 2.41. The maximum Gasteiger partial charge on any atom is 0.280 e. The van der Waals surface area contributed by atoms with Crippen LogP contribution in [-0.2, 0) is 0 Å². The molecular weight excluding hydrogens is 246 g/mol. The van der Waals surface area contributed by atoms with Crippen molar-refractivity contribution in [2.24, 2.45) is 0 Å². The first kappa shape index (κ1) is 11.6. The number of nitrogens with zero attached hydrogens (tertiary/aromatic N) is 4. The van der Waals surface area contributed by atoms with Crippen LogP contribution in [0.5, 0.6) is 0 Å². The summed E-state index contributed by atoms with van der Waals surface area (Å²) in [5, 5.41) is 7.01. The SMILES string of the molecule is Nc1nonc1C(=O)N1CCCC1c1cccnc1. The number of hydrogen-bond acceptors (Lipinski definition) is 6. The second-order valence-corrected chi connectivity index (χ2v) is 4.44. The van der Waals surface area contributed by atoms with E-state index in [1.165, 1.54) is 0 Å². The Morgan fingerprint density at radius 2 is 2.37 bits per heavy atom. The van der Waals surface area contributed by atoms with Gasteiger partial charge in [-0.3, -0.25) is 9.78 Å². The molecule has 0 aromatic carbocycles. The number of anilines is 1. The van der Waals surface area contributed by atoms with Crippen molar-refractivity contribution >= 4 is 11.7 Å². The van der Waals surface area contributed by atoms with E-state index in [0.717, 1.165) is 18.4 Å². The number of amides is 1. The van der Waals surface area contributed by atoms with Crippen LogP contribution < -0.4 is 5.73 Å². The molecule has 0 aliphatic carbocycles. The first-order valence-electron chi connectivity index (χ1n) is 6.06. The molecule has 1 saturated heterocycles. The minimum absolute atomic E-state index is 0.0114.